The molecule has 0 saturated heterocycles. The van der Waals surface area contributed by atoms with Crippen LogP contribution in [0.4, 0.5) is 32.8 Å². The molecule has 2 aromatic heterocycles. The zero-order valence-corrected chi connectivity index (χ0v) is 42.3. The van der Waals surface area contributed by atoms with E-state index in [4.69, 9.17) is 0 Å². The van der Waals surface area contributed by atoms with Crippen molar-refractivity contribution in [1.29, 1.82) is 0 Å². The number of anilines is 6. The second kappa shape index (κ2) is 14.6. The molecule has 0 atom stereocenters. The van der Waals surface area contributed by atoms with Gasteiger partial charge in [-0.05, 0) is 151 Å². The smallest absolute Gasteiger partial charge is 0.256 e. The summed E-state index contributed by atoms with van der Waals surface area (Å²) >= 11 is 3.91. The maximum Gasteiger partial charge on any atom is 0.256 e. The topological polar surface area (TPSA) is 6.48 Å². The molecule has 0 radical (unpaired) electrons. The Balaban J connectivity index is 1.10. The first-order chi connectivity index (χ1) is 34.5. The monoisotopic (exact) mass is 944 g/mol. The van der Waals surface area contributed by atoms with Gasteiger partial charge in [0.15, 0.2) is 0 Å². The van der Waals surface area contributed by atoms with Crippen LogP contribution < -0.4 is 26.2 Å². The van der Waals surface area contributed by atoms with Crippen molar-refractivity contribution in [3.8, 4) is 0 Å². The van der Waals surface area contributed by atoms with E-state index in [-0.39, 0.29) is 17.5 Å². The third-order valence-electron chi connectivity index (χ3n) is 15.9. The van der Waals surface area contributed by atoms with Crippen LogP contribution in [0.3, 0.4) is 0 Å². The molecular weight excluding hydrogens is 896 g/mol. The summed E-state index contributed by atoms with van der Waals surface area (Å²) in [6.45, 7) is 14.1. The van der Waals surface area contributed by atoms with Crippen LogP contribution in [-0.4, -0.2) is 6.71 Å². The van der Waals surface area contributed by atoms with Crippen LogP contribution in [0.15, 0.2) is 188 Å². The Hall–Kier alpha value is -7.44. The van der Waals surface area contributed by atoms with Gasteiger partial charge in [0.25, 0.3) is 6.71 Å². The van der Waals surface area contributed by atoms with Crippen LogP contribution in [0, 0.1) is 0 Å². The second-order valence-corrected chi connectivity index (χ2v) is 24.1. The fourth-order valence-corrected chi connectivity index (χ4v) is 15.1. The van der Waals surface area contributed by atoms with Crippen LogP contribution in [-0.2, 0) is 10.8 Å². The molecule has 0 N–H and O–H groups in total. The van der Waals surface area contributed by atoms with Gasteiger partial charge >= 0.3 is 0 Å². The van der Waals surface area contributed by atoms with Gasteiger partial charge in [0, 0.05) is 31.8 Å². The number of nitrogens with zero attached hydrogens (tertiary/aromatic N) is 2. The van der Waals surface area contributed by atoms with Gasteiger partial charge in [-0.25, -0.2) is 0 Å². The minimum atomic E-state index is -0.0210. The number of rotatable bonds is 2. The number of benzene rings is 11. The molecule has 71 heavy (non-hydrogen) atoms. The van der Waals surface area contributed by atoms with E-state index >= 15 is 0 Å². The predicted octanol–water partition coefficient (Wildman–Crippen LogP) is 17.7. The standard InChI is InChI=1S/C66H49BN2S2/c1-65(2,3)38-29-33-57-52(35-38)60-63(70-57)68(40-31-32-48-43-19-8-7-17-41(43)42-18-10-12-23-47(42)51(48)37-40)55-27-16-28-56-62(55)67(60)61-53-36-39(66(4,5)6)30-34-58(53)71-64(61)69(56)54-26-15-25-50-46-21-11-9-20-44(46)45-22-13-14-24-49(45)59(50)54/h7-37H,1-6H3. The van der Waals surface area contributed by atoms with E-state index in [1.165, 1.54) is 145 Å². The number of fused-ring (bicyclic) bond motifs is 20. The number of thiophene rings is 2. The van der Waals surface area contributed by atoms with Crippen LogP contribution in [0.5, 0.6) is 0 Å². The van der Waals surface area contributed by atoms with Crippen LogP contribution in [0.2, 0.25) is 0 Å². The van der Waals surface area contributed by atoms with Gasteiger partial charge < -0.3 is 9.80 Å². The molecule has 2 nitrogen and oxygen atoms in total. The first kappa shape index (κ1) is 41.4. The lowest BCUT2D eigenvalue weighted by Gasteiger charge is -2.42. The van der Waals surface area contributed by atoms with E-state index in [0.717, 1.165) is 0 Å². The molecule has 0 fully saturated rings. The molecule has 0 spiro atoms. The predicted molar refractivity (Wildman–Crippen MR) is 314 cm³/mol. The van der Waals surface area contributed by atoms with E-state index in [2.05, 4.69) is 239 Å². The molecule has 13 aromatic rings. The quantitative estimate of drug-likeness (QED) is 0.126. The van der Waals surface area contributed by atoms with Gasteiger partial charge in [0.2, 0.25) is 0 Å². The summed E-state index contributed by atoms with van der Waals surface area (Å²) in [5, 5.41) is 20.7. The third kappa shape index (κ3) is 5.76. The summed E-state index contributed by atoms with van der Waals surface area (Å²) in [5.74, 6) is 0. The van der Waals surface area contributed by atoms with Crippen LogP contribution in [0.1, 0.15) is 52.7 Å². The average molecular weight is 945 g/mol. The van der Waals surface area contributed by atoms with Crippen molar-refractivity contribution < 1.29 is 0 Å². The Morgan fingerprint density at radius 1 is 0.324 bits per heavy atom. The zero-order valence-electron chi connectivity index (χ0n) is 40.7. The molecule has 0 unspecified atom stereocenters. The molecule has 0 saturated carbocycles. The highest BCUT2D eigenvalue weighted by molar-refractivity contribution is 7.29. The normalized spacial score (nSPS) is 13.7. The third-order valence-corrected chi connectivity index (χ3v) is 18.3. The van der Waals surface area contributed by atoms with Gasteiger partial charge in [-0.15, -0.1) is 22.7 Å². The summed E-state index contributed by atoms with van der Waals surface area (Å²) < 4.78 is 2.65. The maximum absolute atomic E-state index is 2.67. The molecular formula is C66H49BN2S2. The van der Waals surface area contributed by atoms with Crippen molar-refractivity contribution in [3.05, 3.63) is 199 Å². The van der Waals surface area contributed by atoms with E-state index in [1.54, 1.807) is 0 Å². The van der Waals surface area contributed by atoms with Crippen LogP contribution >= 0.6 is 22.7 Å². The Kier molecular flexibility index (Phi) is 8.49. The van der Waals surface area contributed by atoms with Gasteiger partial charge in [-0.3, -0.25) is 0 Å². The molecule has 15 rings (SSSR count). The Bertz CT molecular complexity index is 4390. The highest BCUT2D eigenvalue weighted by Crippen LogP contribution is 2.53. The molecule has 4 heterocycles. The summed E-state index contributed by atoms with van der Waals surface area (Å²) in [6, 6.07) is 72.0. The Morgan fingerprint density at radius 3 is 1.23 bits per heavy atom. The molecule has 0 aliphatic carbocycles. The summed E-state index contributed by atoms with van der Waals surface area (Å²) in [7, 11) is 0. The number of hydrogen-bond donors (Lipinski definition) is 0. The van der Waals surface area contributed by atoms with E-state index in [1.807, 2.05) is 22.7 Å². The first-order valence-electron chi connectivity index (χ1n) is 25.0. The lowest BCUT2D eigenvalue weighted by atomic mass is 9.33. The maximum atomic E-state index is 2.67. The lowest BCUT2D eigenvalue weighted by Crippen LogP contribution is -2.60. The molecule has 0 amide bonds. The van der Waals surface area contributed by atoms with Crippen molar-refractivity contribution >= 4 is 163 Å². The Labute approximate surface area is 422 Å². The average Bonchev–Trinajstić information content (AvgIpc) is 3.96. The fraction of sp³-hybridized carbons (Fsp3) is 0.121. The van der Waals surface area contributed by atoms with Gasteiger partial charge in [-0.1, -0.05) is 187 Å². The van der Waals surface area contributed by atoms with Gasteiger partial charge in [-0.2, -0.15) is 0 Å². The minimum absolute atomic E-state index is 0.00980. The number of hydrogen-bond acceptors (Lipinski definition) is 4. The molecule has 2 aliphatic heterocycles. The SMILES string of the molecule is CC(C)(C)c1ccc2sc3c(c2c1)B1c2c(cccc2N(c2cccc4c5ccccc5c5ccccc5c24)c2sc4ccc(C(C)(C)C)cc4c21)N3c1ccc2c3ccccc3c3ccccc3c2c1. The van der Waals surface area contributed by atoms with E-state index in [0.29, 0.717) is 0 Å². The summed E-state index contributed by atoms with van der Waals surface area (Å²) in [6.07, 6.45) is 0. The lowest BCUT2D eigenvalue weighted by molar-refractivity contribution is 0.591. The molecule has 0 bridgehead atoms. The highest BCUT2D eigenvalue weighted by atomic mass is 32.1. The molecule has 2 aliphatic rings. The largest absolute Gasteiger partial charge is 0.303 e. The summed E-state index contributed by atoms with van der Waals surface area (Å²) in [5.41, 5.74) is 11.7. The Morgan fingerprint density at radius 2 is 0.718 bits per heavy atom. The van der Waals surface area contributed by atoms with E-state index in [9.17, 15) is 0 Å². The summed E-state index contributed by atoms with van der Waals surface area (Å²) in [4.78, 5) is 5.31. The van der Waals surface area contributed by atoms with Crippen LogP contribution in [0.25, 0.3) is 84.8 Å². The fourth-order valence-electron chi connectivity index (χ4n) is 12.6. The van der Waals surface area contributed by atoms with Crippen molar-refractivity contribution in [2.75, 3.05) is 9.80 Å². The van der Waals surface area contributed by atoms with Gasteiger partial charge in [0.05, 0.1) is 15.7 Å². The zero-order chi connectivity index (χ0) is 47.7. The molecule has 338 valence electrons. The van der Waals surface area contributed by atoms with Crippen molar-refractivity contribution in [2.45, 2.75) is 52.4 Å². The van der Waals surface area contributed by atoms with Crippen molar-refractivity contribution in [2.24, 2.45) is 0 Å². The van der Waals surface area contributed by atoms with Crippen molar-refractivity contribution in [1.82, 2.24) is 0 Å². The highest BCUT2D eigenvalue weighted by Gasteiger charge is 2.47. The van der Waals surface area contributed by atoms with Crippen molar-refractivity contribution in [3.63, 3.8) is 0 Å². The second-order valence-electron chi connectivity index (χ2n) is 22.0. The molecule has 5 heteroatoms. The minimum Gasteiger partial charge on any atom is -0.303 e. The van der Waals surface area contributed by atoms with E-state index < -0.39 is 0 Å². The van der Waals surface area contributed by atoms with Gasteiger partial charge in [0.1, 0.15) is 0 Å². The first-order valence-corrected chi connectivity index (χ1v) is 26.7. The molecule has 11 aromatic carbocycles.